The van der Waals surface area contributed by atoms with Gasteiger partial charge in [-0.3, -0.25) is 0 Å². The molecule has 4 nitrogen and oxygen atoms in total. The molecule has 3 rings (SSSR count). The van der Waals surface area contributed by atoms with E-state index in [-0.39, 0.29) is 12.1 Å². The first-order chi connectivity index (χ1) is 7.29. The lowest BCUT2D eigenvalue weighted by Crippen LogP contribution is -2.49. The van der Waals surface area contributed by atoms with Crippen molar-refractivity contribution in [3.05, 3.63) is 0 Å². The summed E-state index contributed by atoms with van der Waals surface area (Å²) in [6.07, 6.45) is 0.925. The number of carbonyl (C=O) groups excluding carboxylic acids is 1. The fourth-order valence-corrected chi connectivity index (χ4v) is 2.97. The van der Waals surface area contributed by atoms with Crippen LogP contribution in [0, 0.1) is 11.8 Å². The van der Waals surface area contributed by atoms with Crippen LogP contribution in [-0.2, 0) is 4.74 Å². The van der Waals surface area contributed by atoms with E-state index in [1.54, 1.807) is 0 Å². The summed E-state index contributed by atoms with van der Waals surface area (Å²) in [6, 6.07) is 0.496. The van der Waals surface area contributed by atoms with Crippen molar-refractivity contribution in [3.8, 4) is 0 Å². The predicted molar refractivity (Wildman–Crippen MR) is 62.0 cm³/mol. The maximum absolute atomic E-state index is 11.9. The Balaban J connectivity index is 1.96. The number of carbonyl (C=O) groups is 1. The summed E-state index contributed by atoms with van der Waals surface area (Å²) in [4.78, 5) is 13.8. The van der Waals surface area contributed by atoms with E-state index in [2.05, 4.69) is 0 Å². The minimum Gasteiger partial charge on any atom is -0.444 e. The van der Waals surface area contributed by atoms with E-state index in [0.717, 1.165) is 13.0 Å². The largest absolute Gasteiger partial charge is 0.444 e. The van der Waals surface area contributed by atoms with Crippen LogP contribution >= 0.6 is 0 Å². The van der Waals surface area contributed by atoms with Crippen LogP contribution in [0.1, 0.15) is 34.1 Å². The minimum absolute atomic E-state index is 0.177. The average molecular weight is 226 g/mol. The molecule has 92 valence electrons. The number of hydrogen-bond acceptors (Lipinski definition) is 3. The quantitative estimate of drug-likeness (QED) is 0.738. The maximum atomic E-state index is 11.9. The Morgan fingerprint density at radius 3 is 2.56 bits per heavy atom. The van der Waals surface area contributed by atoms with E-state index < -0.39 is 5.60 Å². The Hall–Kier alpha value is -0.770. The molecular weight excluding hydrogens is 204 g/mol. The molecule has 0 radical (unpaired) electrons. The second kappa shape index (κ2) is 3.62. The average Bonchev–Trinajstić information content (AvgIpc) is 2.53. The first-order valence-electron chi connectivity index (χ1n) is 6.05. The number of amides is 1. The topological polar surface area (TPSA) is 55.6 Å². The number of hydrogen-bond donors (Lipinski definition) is 1. The second-order valence-electron chi connectivity index (χ2n) is 6.13. The van der Waals surface area contributed by atoms with E-state index in [0.29, 0.717) is 17.9 Å². The van der Waals surface area contributed by atoms with Crippen LogP contribution in [0.5, 0.6) is 0 Å². The zero-order valence-corrected chi connectivity index (χ0v) is 10.6. The van der Waals surface area contributed by atoms with Crippen LogP contribution in [0.15, 0.2) is 0 Å². The summed E-state index contributed by atoms with van der Waals surface area (Å²) in [5.74, 6) is 1.07. The Kier molecular flexibility index (Phi) is 2.65. The Morgan fingerprint density at radius 2 is 2.12 bits per heavy atom. The van der Waals surface area contributed by atoms with E-state index in [1.165, 1.54) is 0 Å². The third kappa shape index (κ3) is 1.90. The van der Waals surface area contributed by atoms with Crippen LogP contribution in [0.25, 0.3) is 0 Å². The molecule has 2 aliphatic heterocycles. The van der Waals surface area contributed by atoms with Gasteiger partial charge in [-0.2, -0.15) is 0 Å². The van der Waals surface area contributed by atoms with Crippen molar-refractivity contribution in [2.75, 3.05) is 6.54 Å². The SMILES string of the molecule is C[C@@H](N)[C@@H]1[C@@H]2C[C@@H]1N(C(=O)OC(C)(C)C)C2. The molecule has 2 bridgehead atoms. The Labute approximate surface area is 97.1 Å². The molecular formula is C12H22N2O2. The number of nitrogens with zero attached hydrogens (tertiary/aromatic N) is 1. The number of ether oxygens (including phenoxy) is 1. The highest BCUT2D eigenvalue weighted by molar-refractivity contribution is 5.69. The number of nitrogens with two attached hydrogens (primary N) is 1. The van der Waals surface area contributed by atoms with Gasteiger partial charge in [0, 0.05) is 18.6 Å². The van der Waals surface area contributed by atoms with Gasteiger partial charge < -0.3 is 15.4 Å². The highest BCUT2D eigenvalue weighted by Gasteiger charge is 2.55. The van der Waals surface area contributed by atoms with Gasteiger partial charge in [-0.25, -0.2) is 4.79 Å². The molecule has 0 aromatic heterocycles. The summed E-state index contributed by atoms with van der Waals surface area (Å²) < 4.78 is 5.39. The van der Waals surface area contributed by atoms with Gasteiger partial charge in [-0.05, 0) is 46.0 Å². The molecule has 3 aliphatic rings. The van der Waals surface area contributed by atoms with Crippen LogP contribution < -0.4 is 5.73 Å². The lowest BCUT2D eigenvalue weighted by atomic mass is 9.70. The molecule has 2 N–H and O–H groups in total. The van der Waals surface area contributed by atoms with E-state index in [4.69, 9.17) is 10.5 Å². The fraction of sp³-hybridized carbons (Fsp3) is 0.917. The molecule has 2 saturated heterocycles. The number of rotatable bonds is 1. The zero-order valence-electron chi connectivity index (χ0n) is 10.6. The van der Waals surface area contributed by atoms with Gasteiger partial charge in [0.1, 0.15) is 5.60 Å². The highest BCUT2D eigenvalue weighted by atomic mass is 16.6. The molecule has 1 aliphatic carbocycles. The summed E-state index contributed by atoms with van der Waals surface area (Å²) in [5.41, 5.74) is 5.52. The monoisotopic (exact) mass is 226 g/mol. The summed E-state index contributed by atoms with van der Waals surface area (Å²) in [7, 11) is 0. The van der Waals surface area contributed by atoms with Crippen molar-refractivity contribution in [1.82, 2.24) is 4.90 Å². The first kappa shape index (κ1) is 11.7. The standard InChI is InChI=1S/C12H22N2O2/c1-7(13)10-8-5-9(10)14(6-8)11(15)16-12(2,3)4/h7-10H,5-6,13H2,1-4H3/t7-,8-,9+,10-/m1/s1. The molecule has 4 heteroatoms. The van der Waals surface area contributed by atoms with Crippen molar-refractivity contribution < 1.29 is 9.53 Å². The molecule has 0 spiro atoms. The first-order valence-corrected chi connectivity index (χ1v) is 6.05. The van der Waals surface area contributed by atoms with Crippen LogP contribution in [-0.4, -0.2) is 35.2 Å². The van der Waals surface area contributed by atoms with Gasteiger partial charge in [0.25, 0.3) is 0 Å². The summed E-state index contributed by atoms with van der Waals surface area (Å²) >= 11 is 0. The molecule has 1 saturated carbocycles. The smallest absolute Gasteiger partial charge is 0.410 e. The van der Waals surface area contributed by atoms with Crippen molar-refractivity contribution >= 4 is 6.09 Å². The van der Waals surface area contributed by atoms with Gasteiger partial charge in [0.15, 0.2) is 0 Å². The highest BCUT2D eigenvalue weighted by Crippen LogP contribution is 2.47. The molecule has 2 heterocycles. The van der Waals surface area contributed by atoms with Crippen molar-refractivity contribution in [1.29, 1.82) is 0 Å². The molecule has 4 atom stereocenters. The number of fused-ring (bicyclic) bond motifs is 1. The fourth-order valence-electron chi connectivity index (χ4n) is 2.97. The Bertz CT molecular complexity index is 296. The van der Waals surface area contributed by atoms with E-state index >= 15 is 0 Å². The van der Waals surface area contributed by atoms with Crippen molar-refractivity contribution in [3.63, 3.8) is 0 Å². The summed E-state index contributed by atoms with van der Waals surface area (Å²) in [5, 5.41) is 0. The van der Waals surface area contributed by atoms with Crippen molar-refractivity contribution in [2.24, 2.45) is 17.6 Å². The van der Waals surface area contributed by atoms with Gasteiger partial charge in [0.05, 0.1) is 0 Å². The van der Waals surface area contributed by atoms with Gasteiger partial charge >= 0.3 is 6.09 Å². The van der Waals surface area contributed by atoms with Crippen molar-refractivity contribution in [2.45, 2.75) is 51.8 Å². The Morgan fingerprint density at radius 1 is 1.50 bits per heavy atom. The lowest BCUT2D eigenvalue weighted by Gasteiger charge is -2.39. The molecule has 1 amide bonds. The molecule has 0 unspecified atom stereocenters. The third-order valence-electron chi connectivity index (χ3n) is 3.60. The van der Waals surface area contributed by atoms with Crippen LogP contribution in [0.4, 0.5) is 4.79 Å². The molecule has 16 heavy (non-hydrogen) atoms. The van der Waals surface area contributed by atoms with Gasteiger partial charge in [-0.15, -0.1) is 0 Å². The zero-order chi connectivity index (χ0) is 12.1. The minimum atomic E-state index is -0.409. The molecule has 0 aromatic carbocycles. The normalized spacial score (nSPS) is 34.6. The maximum Gasteiger partial charge on any atom is 0.410 e. The predicted octanol–water partition coefficient (Wildman–Crippen LogP) is 1.59. The summed E-state index contributed by atoms with van der Waals surface area (Å²) in [6.45, 7) is 8.55. The van der Waals surface area contributed by atoms with E-state index in [9.17, 15) is 4.79 Å². The second-order valence-corrected chi connectivity index (χ2v) is 6.13. The molecule has 0 aromatic rings. The molecule has 3 fully saturated rings. The third-order valence-corrected chi connectivity index (χ3v) is 3.60. The van der Waals surface area contributed by atoms with Crippen LogP contribution in [0.2, 0.25) is 0 Å². The van der Waals surface area contributed by atoms with Gasteiger partial charge in [-0.1, -0.05) is 0 Å². The lowest BCUT2D eigenvalue weighted by molar-refractivity contribution is 0.0191. The van der Waals surface area contributed by atoms with Crippen LogP contribution in [0.3, 0.4) is 0 Å². The van der Waals surface area contributed by atoms with Gasteiger partial charge in [0.2, 0.25) is 0 Å². The van der Waals surface area contributed by atoms with E-state index in [1.807, 2.05) is 32.6 Å².